The highest BCUT2D eigenvalue weighted by Crippen LogP contribution is 1.96. The van der Waals surface area contributed by atoms with Gasteiger partial charge in [0.05, 0.1) is 5.57 Å². The van der Waals surface area contributed by atoms with E-state index in [-0.39, 0.29) is 11.4 Å². The molecule has 5 nitrogen and oxygen atoms in total. The van der Waals surface area contributed by atoms with Crippen molar-refractivity contribution in [3.63, 3.8) is 0 Å². The summed E-state index contributed by atoms with van der Waals surface area (Å²) in [5, 5.41) is 1.91. The number of nitrogens with two attached hydrogens (primary N) is 1. The van der Waals surface area contributed by atoms with E-state index in [1.54, 1.807) is 0 Å². The Morgan fingerprint density at radius 1 is 1.50 bits per heavy atom. The van der Waals surface area contributed by atoms with Gasteiger partial charge in [-0.1, -0.05) is 6.58 Å². The van der Waals surface area contributed by atoms with Crippen LogP contribution in [0.5, 0.6) is 0 Å². The van der Waals surface area contributed by atoms with E-state index >= 15 is 0 Å². The van der Waals surface area contributed by atoms with Gasteiger partial charge >= 0.3 is 6.03 Å². The second-order valence-electron chi connectivity index (χ2n) is 1.73. The van der Waals surface area contributed by atoms with E-state index < -0.39 is 11.9 Å². The first-order valence-electron chi connectivity index (χ1n) is 2.50. The third-order valence-electron chi connectivity index (χ3n) is 1.03. The van der Waals surface area contributed by atoms with Crippen LogP contribution in [0.15, 0.2) is 17.1 Å². The third kappa shape index (κ3) is 0.883. The van der Waals surface area contributed by atoms with E-state index in [1.807, 2.05) is 5.32 Å². The van der Waals surface area contributed by atoms with Gasteiger partial charge in [-0.2, -0.15) is 4.99 Å². The molecule has 0 saturated heterocycles. The van der Waals surface area contributed by atoms with Crippen molar-refractivity contribution in [3.05, 3.63) is 12.2 Å². The lowest BCUT2D eigenvalue weighted by molar-refractivity contribution is -0.116. The maximum Gasteiger partial charge on any atom is 0.349 e. The Bertz CT molecular complexity index is 254. The van der Waals surface area contributed by atoms with Crippen LogP contribution in [0.4, 0.5) is 4.79 Å². The Morgan fingerprint density at radius 2 is 2.10 bits per heavy atom. The van der Waals surface area contributed by atoms with E-state index in [9.17, 15) is 9.59 Å². The summed E-state index contributed by atoms with van der Waals surface area (Å²) < 4.78 is 0. The highest BCUT2D eigenvalue weighted by atomic mass is 16.2. The lowest BCUT2D eigenvalue weighted by atomic mass is 10.2. The van der Waals surface area contributed by atoms with Crippen LogP contribution in [0.3, 0.4) is 0 Å². The van der Waals surface area contributed by atoms with Crippen LogP contribution in [-0.4, -0.2) is 17.8 Å². The molecular formula is C5H5N3O2. The molecule has 3 amide bonds. The molecule has 0 unspecified atom stereocenters. The minimum atomic E-state index is -0.741. The first-order valence-corrected chi connectivity index (χ1v) is 2.50. The van der Waals surface area contributed by atoms with Crippen LogP contribution in [0.2, 0.25) is 0 Å². The highest BCUT2D eigenvalue weighted by Gasteiger charge is 2.19. The number of carbonyl (C=O) groups excluding carboxylic acids is 2. The molecule has 52 valence electrons. The molecular weight excluding hydrogens is 134 g/mol. The quantitative estimate of drug-likeness (QED) is 0.428. The van der Waals surface area contributed by atoms with E-state index in [0.29, 0.717) is 0 Å². The molecule has 10 heavy (non-hydrogen) atoms. The Kier molecular flexibility index (Phi) is 1.26. The zero-order chi connectivity index (χ0) is 7.72. The summed E-state index contributed by atoms with van der Waals surface area (Å²) in [6.07, 6.45) is 0. The fraction of sp³-hybridized carbons (Fsp3) is 0. The molecule has 5 heteroatoms. The van der Waals surface area contributed by atoms with E-state index in [1.165, 1.54) is 0 Å². The van der Waals surface area contributed by atoms with Gasteiger partial charge in [0.15, 0.2) is 0 Å². The molecule has 0 atom stereocenters. The van der Waals surface area contributed by atoms with E-state index in [4.69, 9.17) is 5.73 Å². The fourth-order valence-corrected chi connectivity index (χ4v) is 0.494. The topological polar surface area (TPSA) is 84.5 Å². The molecule has 0 aromatic carbocycles. The molecule has 0 fully saturated rings. The number of nitrogens with zero attached hydrogens (tertiary/aromatic N) is 1. The largest absolute Gasteiger partial charge is 0.383 e. The number of hydrogen-bond donors (Lipinski definition) is 2. The first kappa shape index (κ1) is 6.47. The van der Waals surface area contributed by atoms with Crippen LogP contribution in [0.1, 0.15) is 0 Å². The van der Waals surface area contributed by atoms with Gasteiger partial charge in [-0.15, -0.1) is 0 Å². The average Bonchev–Trinajstić information content (AvgIpc) is 1.82. The normalized spacial score (nSPS) is 18.4. The van der Waals surface area contributed by atoms with Crippen molar-refractivity contribution in [1.82, 2.24) is 5.32 Å². The zero-order valence-corrected chi connectivity index (χ0v) is 5.05. The number of carbonyl (C=O) groups is 2. The van der Waals surface area contributed by atoms with Gasteiger partial charge in [0, 0.05) is 0 Å². The summed E-state index contributed by atoms with van der Waals surface area (Å²) >= 11 is 0. The number of aliphatic imine (C=N–C) groups is 1. The number of rotatable bonds is 0. The molecule has 1 aliphatic heterocycles. The third-order valence-corrected chi connectivity index (χ3v) is 1.03. The van der Waals surface area contributed by atoms with Gasteiger partial charge in [-0.05, 0) is 0 Å². The lowest BCUT2D eigenvalue weighted by Gasteiger charge is -2.08. The molecule has 1 rings (SSSR count). The van der Waals surface area contributed by atoms with Gasteiger partial charge < -0.3 is 5.73 Å². The maximum atomic E-state index is 10.6. The van der Waals surface area contributed by atoms with Crippen molar-refractivity contribution in [2.24, 2.45) is 10.7 Å². The second kappa shape index (κ2) is 1.94. The van der Waals surface area contributed by atoms with Gasteiger partial charge in [0.25, 0.3) is 5.91 Å². The van der Waals surface area contributed by atoms with Crippen molar-refractivity contribution in [1.29, 1.82) is 0 Å². The van der Waals surface area contributed by atoms with Crippen LogP contribution >= 0.6 is 0 Å². The van der Waals surface area contributed by atoms with Crippen molar-refractivity contribution in [2.75, 3.05) is 0 Å². The predicted octanol–water partition coefficient (Wildman–Crippen LogP) is -0.850. The minimum Gasteiger partial charge on any atom is -0.383 e. The van der Waals surface area contributed by atoms with Gasteiger partial charge in [0.1, 0.15) is 5.84 Å². The summed E-state index contributed by atoms with van der Waals surface area (Å²) in [6, 6.07) is -0.741. The van der Waals surface area contributed by atoms with Crippen molar-refractivity contribution < 1.29 is 9.59 Å². The number of imide groups is 1. The number of hydrogen-bond acceptors (Lipinski definition) is 3. The predicted molar refractivity (Wildman–Crippen MR) is 34.3 cm³/mol. The second-order valence-corrected chi connectivity index (χ2v) is 1.73. The smallest absolute Gasteiger partial charge is 0.349 e. The molecule has 0 bridgehead atoms. The summed E-state index contributed by atoms with van der Waals surface area (Å²) in [7, 11) is 0. The molecule has 1 heterocycles. The van der Waals surface area contributed by atoms with E-state index in [0.717, 1.165) is 0 Å². The van der Waals surface area contributed by atoms with E-state index in [2.05, 4.69) is 11.6 Å². The SMILES string of the molecule is C=C1C(=O)NC(=O)N=C1N. The molecule has 0 aromatic heterocycles. The standard InChI is InChI=1S/C5H5N3O2/c1-2-3(6)7-5(10)8-4(2)9/h1H2,(H3,6,7,8,9,10). The lowest BCUT2D eigenvalue weighted by Crippen LogP contribution is -2.39. The van der Waals surface area contributed by atoms with Gasteiger partial charge in [0.2, 0.25) is 0 Å². The summed E-state index contributed by atoms with van der Waals surface area (Å²) in [5.74, 6) is -0.703. The highest BCUT2D eigenvalue weighted by molar-refractivity contribution is 6.27. The fourth-order valence-electron chi connectivity index (χ4n) is 0.494. The summed E-state index contributed by atoms with van der Waals surface area (Å²) in [5.41, 5.74) is 5.16. The molecule has 0 spiro atoms. The van der Waals surface area contributed by atoms with Crippen LogP contribution < -0.4 is 11.1 Å². The average molecular weight is 139 g/mol. The summed E-state index contributed by atoms with van der Waals surface area (Å²) in [4.78, 5) is 24.2. The molecule has 0 saturated carbocycles. The summed E-state index contributed by atoms with van der Waals surface area (Å²) in [6.45, 7) is 3.29. The monoisotopic (exact) mass is 139 g/mol. The molecule has 1 aliphatic rings. The van der Waals surface area contributed by atoms with Crippen molar-refractivity contribution in [3.8, 4) is 0 Å². The Labute approximate surface area is 56.6 Å². The molecule has 3 N–H and O–H groups in total. The number of nitrogens with one attached hydrogen (secondary N) is 1. The van der Waals surface area contributed by atoms with Gasteiger partial charge in [-0.3, -0.25) is 10.1 Å². The Morgan fingerprint density at radius 3 is 2.60 bits per heavy atom. The number of amidine groups is 1. The minimum absolute atomic E-state index is 0.0274. The maximum absolute atomic E-state index is 10.6. The zero-order valence-electron chi connectivity index (χ0n) is 5.05. The molecule has 0 aromatic rings. The van der Waals surface area contributed by atoms with Crippen molar-refractivity contribution >= 4 is 17.8 Å². The molecule has 0 aliphatic carbocycles. The van der Waals surface area contributed by atoms with Crippen molar-refractivity contribution in [2.45, 2.75) is 0 Å². The Hall–Kier alpha value is -1.65. The number of amides is 3. The first-order chi connectivity index (χ1) is 4.61. The van der Waals surface area contributed by atoms with Crippen LogP contribution in [-0.2, 0) is 4.79 Å². The molecule has 0 radical (unpaired) electrons. The van der Waals surface area contributed by atoms with Gasteiger partial charge in [-0.25, -0.2) is 4.79 Å². The van der Waals surface area contributed by atoms with Crippen LogP contribution in [0, 0.1) is 0 Å². The Balaban J connectivity index is 3.03. The van der Waals surface area contributed by atoms with Crippen LogP contribution in [0.25, 0.3) is 0 Å². The number of urea groups is 1.